The summed E-state index contributed by atoms with van der Waals surface area (Å²) in [5.74, 6) is 2.01. The van der Waals surface area contributed by atoms with E-state index in [-0.39, 0.29) is 0 Å². The van der Waals surface area contributed by atoms with Gasteiger partial charge >= 0.3 is 0 Å². The van der Waals surface area contributed by atoms with Gasteiger partial charge in [-0.25, -0.2) is 0 Å². The van der Waals surface area contributed by atoms with E-state index >= 15 is 0 Å². The Morgan fingerprint density at radius 3 is 2.27 bits per heavy atom. The van der Waals surface area contributed by atoms with Crippen LogP contribution in [-0.2, 0) is 0 Å². The number of allylic oxidation sites excluding steroid dienone is 1. The number of hydrogen-bond acceptors (Lipinski definition) is 1. The van der Waals surface area contributed by atoms with Crippen LogP contribution in [0.4, 0.5) is 0 Å². The minimum Gasteiger partial charge on any atom is -0.375 e. The van der Waals surface area contributed by atoms with Gasteiger partial charge in [0.25, 0.3) is 0 Å². The first kappa shape index (κ1) is 7.20. The van der Waals surface area contributed by atoms with Crippen LogP contribution in [0.25, 0.3) is 0 Å². The summed E-state index contributed by atoms with van der Waals surface area (Å²) in [5, 5.41) is 0. The van der Waals surface area contributed by atoms with Gasteiger partial charge in [-0.2, -0.15) is 0 Å². The first-order valence-corrected chi connectivity index (χ1v) is 4.68. The summed E-state index contributed by atoms with van der Waals surface area (Å²) in [6.45, 7) is 8.70. The maximum atomic E-state index is 3.99. The Labute approximate surface area is 69.1 Å². The van der Waals surface area contributed by atoms with Gasteiger partial charge in [0.2, 0.25) is 0 Å². The third kappa shape index (κ3) is 1.17. The first-order chi connectivity index (χ1) is 5.27. The van der Waals surface area contributed by atoms with Crippen molar-refractivity contribution in [2.24, 2.45) is 11.8 Å². The Balaban J connectivity index is 1.99. The molecule has 1 saturated heterocycles. The lowest BCUT2D eigenvalue weighted by atomic mass is 10.0. The predicted octanol–water partition coefficient (Wildman–Crippen LogP) is 2.25. The monoisotopic (exact) mass is 151 g/mol. The standard InChI is InChI=1S/C10H17N/c1-8(2)11-6-9-4-3-5-10(9)7-11/h9-10H,1,3-7H2,2H3/t9-,10?/m0/s1. The van der Waals surface area contributed by atoms with Crippen molar-refractivity contribution in [3.05, 3.63) is 12.3 Å². The molecule has 62 valence electrons. The van der Waals surface area contributed by atoms with Crippen LogP contribution in [0.5, 0.6) is 0 Å². The van der Waals surface area contributed by atoms with Crippen LogP contribution in [0.1, 0.15) is 26.2 Å². The molecule has 1 aliphatic carbocycles. The second-order valence-electron chi connectivity index (χ2n) is 4.09. The number of fused-ring (bicyclic) bond motifs is 1. The summed E-state index contributed by atoms with van der Waals surface area (Å²) < 4.78 is 0. The molecule has 0 aromatic heterocycles. The SMILES string of the molecule is C=C(C)N1CC2CCC[C@H]2C1. The van der Waals surface area contributed by atoms with Crippen molar-refractivity contribution >= 4 is 0 Å². The van der Waals surface area contributed by atoms with Gasteiger partial charge in [0.05, 0.1) is 0 Å². The number of likely N-dealkylation sites (tertiary alicyclic amines) is 1. The van der Waals surface area contributed by atoms with Crippen molar-refractivity contribution in [2.75, 3.05) is 13.1 Å². The van der Waals surface area contributed by atoms with E-state index in [0.29, 0.717) is 0 Å². The molecule has 1 heteroatoms. The lowest BCUT2D eigenvalue weighted by Crippen LogP contribution is -2.18. The fourth-order valence-electron chi connectivity index (χ4n) is 2.55. The number of rotatable bonds is 1. The maximum Gasteiger partial charge on any atom is 0.0206 e. The highest BCUT2D eigenvalue weighted by atomic mass is 15.2. The van der Waals surface area contributed by atoms with E-state index in [4.69, 9.17) is 0 Å². The van der Waals surface area contributed by atoms with E-state index in [9.17, 15) is 0 Å². The van der Waals surface area contributed by atoms with E-state index < -0.39 is 0 Å². The molecule has 0 aromatic rings. The molecule has 2 rings (SSSR count). The zero-order valence-corrected chi connectivity index (χ0v) is 7.34. The molecule has 1 unspecified atom stereocenters. The van der Waals surface area contributed by atoms with E-state index in [1.165, 1.54) is 38.0 Å². The highest BCUT2D eigenvalue weighted by Gasteiger charge is 2.35. The van der Waals surface area contributed by atoms with Crippen molar-refractivity contribution in [1.29, 1.82) is 0 Å². The van der Waals surface area contributed by atoms with Crippen LogP contribution in [-0.4, -0.2) is 18.0 Å². The Hall–Kier alpha value is -0.460. The molecule has 1 saturated carbocycles. The molecular formula is C10H17N. The summed E-state index contributed by atoms with van der Waals surface area (Å²) in [4.78, 5) is 2.45. The molecule has 2 fully saturated rings. The normalized spacial score (nSPS) is 35.9. The molecule has 0 radical (unpaired) electrons. The van der Waals surface area contributed by atoms with Gasteiger partial charge in [0.15, 0.2) is 0 Å². The Kier molecular flexibility index (Phi) is 1.67. The molecule has 2 aliphatic rings. The van der Waals surface area contributed by atoms with Crippen LogP contribution in [0, 0.1) is 11.8 Å². The van der Waals surface area contributed by atoms with E-state index in [0.717, 1.165) is 11.8 Å². The van der Waals surface area contributed by atoms with Crippen molar-refractivity contribution in [2.45, 2.75) is 26.2 Å². The molecule has 0 bridgehead atoms. The quantitative estimate of drug-likeness (QED) is 0.555. The minimum atomic E-state index is 1.01. The molecular weight excluding hydrogens is 134 g/mol. The molecule has 1 aliphatic heterocycles. The molecule has 0 aromatic carbocycles. The van der Waals surface area contributed by atoms with Gasteiger partial charge in [-0.3, -0.25) is 0 Å². The molecule has 1 nitrogen and oxygen atoms in total. The second-order valence-corrected chi connectivity index (χ2v) is 4.09. The lowest BCUT2D eigenvalue weighted by molar-refractivity contribution is 0.390. The maximum absolute atomic E-state index is 3.99. The zero-order chi connectivity index (χ0) is 7.84. The second kappa shape index (κ2) is 2.54. The summed E-state index contributed by atoms with van der Waals surface area (Å²) >= 11 is 0. The van der Waals surface area contributed by atoms with Gasteiger partial charge in [-0.1, -0.05) is 13.0 Å². The summed E-state index contributed by atoms with van der Waals surface area (Å²) in [6.07, 6.45) is 4.41. The number of nitrogens with zero attached hydrogens (tertiary/aromatic N) is 1. The van der Waals surface area contributed by atoms with Crippen LogP contribution < -0.4 is 0 Å². The third-order valence-corrected chi connectivity index (χ3v) is 3.27. The van der Waals surface area contributed by atoms with Crippen LogP contribution in [0.15, 0.2) is 12.3 Å². The minimum absolute atomic E-state index is 1.01. The van der Waals surface area contributed by atoms with Crippen LogP contribution >= 0.6 is 0 Å². The predicted molar refractivity (Wildman–Crippen MR) is 47.2 cm³/mol. The highest BCUT2D eigenvalue weighted by Crippen LogP contribution is 2.38. The van der Waals surface area contributed by atoms with Crippen molar-refractivity contribution in [1.82, 2.24) is 4.90 Å². The summed E-state index contributed by atoms with van der Waals surface area (Å²) in [6, 6.07) is 0. The largest absolute Gasteiger partial charge is 0.375 e. The van der Waals surface area contributed by atoms with E-state index in [1.54, 1.807) is 0 Å². The van der Waals surface area contributed by atoms with Crippen molar-refractivity contribution < 1.29 is 0 Å². The smallest absolute Gasteiger partial charge is 0.0206 e. The molecule has 11 heavy (non-hydrogen) atoms. The lowest BCUT2D eigenvalue weighted by Gasteiger charge is -2.18. The zero-order valence-electron chi connectivity index (χ0n) is 7.34. The number of hydrogen-bond donors (Lipinski definition) is 0. The van der Waals surface area contributed by atoms with Gasteiger partial charge < -0.3 is 4.90 Å². The fraction of sp³-hybridized carbons (Fsp3) is 0.800. The average molecular weight is 151 g/mol. The Bertz CT molecular complexity index is 162. The molecule has 1 heterocycles. The van der Waals surface area contributed by atoms with Gasteiger partial charge in [-0.15, -0.1) is 0 Å². The van der Waals surface area contributed by atoms with Crippen LogP contribution in [0.3, 0.4) is 0 Å². The summed E-state index contributed by atoms with van der Waals surface area (Å²) in [7, 11) is 0. The van der Waals surface area contributed by atoms with Crippen molar-refractivity contribution in [3.63, 3.8) is 0 Å². The fourth-order valence-corrected chi connectivity index (χ4v) is 2.55. The molecule has 0 spiro atoms. The van der Waals surface area contributed by atoms with E-state index in [1.807, 2.05) is 0 Å². The van der Waals surface area contributed by atoms with Crippen molar-refractivity contribution in [3.8, 4) is 0 Å². The Morgan fingerprint density at radius 2 is 1.82 bits per heavy atom. The highest BCUT2D eigenvalue weighted by molar-refractivity contribution is 4.98. The average Bonchev–Trinajstić information content (AvgIpc) is 2.40. The van der Waals surface area contributed by atoms with E-state index in [2.05, 4.69) is 18.4 Å². The first-order valence-electron chi connectivity index (χ1n) is 4.68. The van der Waals surface area contributed by atoms with Gasteiger partial charge in [-0.05, 0) is 31.6 Å². The molecule has 0 N–H and O–H groups in total. The van der Waals surface area contributed by atoms with Gasteiger partial charge in [0.1, 0.15) is 0 Å². The van der Waals surface area contributed by atoms with Crippen LogP contribution in [0.2, 0.25) is 0 Å². The van der Waals surface area contributed by atoms with Gasteiger partial charge in [0, 0.05) is 18.8 Å². The summed E-state index contributed by atoms with van der Waals surface area (Å²) in [5.41, 5.74) is 1.26. The third-order valence-electron chi connectivity index (χ3n) is 3.27. The molecule has 2 atom stereocenters. The Morgan fingerprint density at radius 1 is 1.27 bits per heavy atom. The topological polar surface area (TPSA) is 3.24 Å². The molecule has 0 amide bonds.